The maximum absolute atomic E-state index is 14.7. The van der Waals surface area contributed by atoms with Crippen LogP contribution in [0.25, 0.3) is 0 Å². The summed E-state index contributed by atoms with van der Waals surface area (Å²) in [5.41, 5.74) is -6.56. The van der Waals surface area contributed by atoms with Gasteiger partial charge in [0.15, 0.2) is 11.5 Å². The Balaban J connectivity index is 2.02. The molecule has 0 heterocycles. The van der Waals surface area contributed by atoms with Crippen LogP contribution >= 0.6 is 15.9 Å². The summed E-state index contributed by atoms with van der Waals surface area (Å²) in [5.74, 6) is -1.12. The van der Waals surface area contributed by atoms with Crippen LogP contribution in [0, 0.1) is 11.3 Å². The van der Waals surface area contributed by atoms with Crippen LogP contribution in [0.4, 0.5) is 36.4 Å². The van der Waals surface area contributed by atoms with Crippen LogP contribution in [0.3, 0.4) is 0 Å². The average molecular weight is 659 g/mol. The smallest absolute Gasteiger partial charge is 0.435 e. The predicted molar refractivity (Wildman–Crippen MR) is 143 cm³/mol. The summed E-state index contributed by atoms with van der Waals surface area (Å²) < 4.78 is 100.0. The SMILES string of the molecule is CCc1cc(C(F)(C(F)(F)F)C(F)(F)F)cc(Br)c1CC(=O)c1cccc(N(C)C(=O)c2ccc(C#N)cc2)c1OC. The molecule has 0 saturated carbocycles. The number of rotatable bonds is 8. The number of ketones is 1. The third kappa shape index (κ3) is 5.99. The molecule has 0 radical (unpaired) electrons. The Labute approximate surface area is 244 Å². The number of amides is 1. The molecule has 222 valence electrons. The first-order valence-corrected chi connectivity index (χ1v) is 12.9. The second-order valence-corrected chi connectivity index (χ2v) is 9.97. The molecule has 42 heavy (non-hydrogen) atoms. The number of ether oxygens (including phenoxy) is 1. The fraction of sp³-hybridized carbons (Fsp3) is 0.276. The van der Waals surface area contributed by atoms with Gasteiger partial charge in [0.05, 0.1) is 30.0 Å². The van der Waals surface area contributed by atoms with Gasteiger partial charge in [-0.1, -0.05) is 35.0 Å². The molecular formula is C29H22BrF7N2O3. The highest BCUT2D eigenvalue weighted by Gasteiger charge is 2.73. The molecule has 0 unspecified atom stereocenters. The highest BCUT2D eigenvalue weighted by atomic mass is 79.9. The molecule has 0 spiro atoms. The van der Waals surface area contributed by atoms with Crippen LogP contribution < -0.4 is 9.64 Å². The molecule has 0 atom stereocenters. The molecule has 0 saturated heterocycles. The minimum Gasteiger partial charge on any atom is -0.494 e. The maximum atomic E-state index is 14.7. The molecule has 0 aliphatic rings. The second kappa shape index (κ2) is 12.1. The van der Waals surface area contributed by atoms with Gasteiger partial charge in [0.2, 0.25) is 0 Å². The number of carbonyl (C=O) groups excluding carboxylic acids is 2. The average Bonchev–Trinajstić information content (AvgIpc) is 2.94. The van der Waals surface area contributed by atoms with Gasteiger partial charge in [-0.15, -0.1) is 0 Å². The van der Waals surface area contributed by atoms with E-state index in [2.05, 4.69) is 15.9 Å². The van der Waals surface area contributed by atoms with E-state index < -0.39 is 41.7 Å². The summed E-state index contributed by atoms with van der Waals surface area (Å²) in [4.78, 5) is 27.7. The van der Waals surface area contributed by atoms with Gasteiger partial charge < -0.3 is 9.64 Å². The number of aryl methyl sites for hydroxylation is 1. The normalized spacial score (nSPS) is 12.0. The molecule has 0 aliphatic carbocycles. The largest absolute Gasteiger partial charge is 0.494 e. The van der Waals surface area contributed by atoms with Gasteiger partial charge in [0.1, 0.15) is 0 Å². The Bertz CT molecular complexity index is 1530. The van der Waals surface area contributed by atoms with Crippen LogP contribution in [0.5, 0.6) is 5.75 Å². The Hall–Kier alpha value is -3.92. The second-order valence-electron chi connectivity index (χ2n) is 9.11. The van der Waals surface area contributed by atoms with Gasteiger partial charge in [-0.3, -0.25) is 9.59 Å². The van der Waals surface area contributed by atoms with Crippen molar-refractivity contribution in [3.63, 3.8) is 0 Å². The van der Waals surface area contributed by atoms with E-state index >= 15 is 0 Å². The van der Waals surface area contributed by atoms with Crippen LogP contribution in [0.2, 0.25) is 0 Å². The standard InChI is InChI=1S/C29H22BrF7N2O3/c1-4-17-12-19(27(31,28(32,33)34)29(35,36)37)13-22(30)21(17)14-24(40)20-6-5-7-23(25(20)42-3)39(2)26(41)18-10-8-16(15-38)9-11-18/h5-13H,4,14H2,1-3H3. The molecule has 0 aliphatic heterocycles. The number of benzene rings is 3. The van der Waals surface area contributed by atoms with Crippen molar-refractivity contribution < 1.29 is 45.1 Å². The lowest BCUT2D eigenvalue weighted by molar-refractivity contribution is -0.348. The quantitative estimate of drug-likeness (QED) is 0.182. The summed E-state index contributed by atoms with van der Waals surface area (Å²) in [6, 6.07) is 13.0. The number of hydrogen-bond donors (Lipinski definition) is 0. The molecule has 13 heteroatoms. The fourth-order valence-corrected chi connectivity index (χ4v) is 5.00. The van der Waals surface area contributed by atoms with Crippen LogP contribution in [-0.2, 0) is 18.5 Å². The van der Waals surface area contributed by atoms with Crippen molar-refractivity contribution >= 4 is 33.3 Å². The van der Waals surface area contributed by atoms with Crippen molar-refractivity contribution in [2.24, 2.45) is 0 Å². The Morgan fingerprint density at radius 2 is 1.57 bits per heavy atom. The van der Waals surface area contributed by atoms with Gasteiger partial charge in [-0.2, -0.15) is 31.6 Å². The molecule has 3 aromatic rings. The number of alkyl halides is 7. The highest BCUT2D eigenvalue weighted by molar-refractivity contribution is 9.10. The Morgan fingerprint density at radius 1 is 0.976 bits per heavy atom. The first kappa shape index (κ1) is 32.6. The van der Waals surface area contributed by atoms with Crippen molar-refractivity contribution in [3.05, 3.63) is 92.5 Å². The zero-order valence-electron chi connectivity index (χ0n) is 22.3. The van der Waals surface area contributed by atoms with Gasteiger partial charge in [-0.05, 0) is 60.0 Å². The molecule has 0 N–H and O–H groups in total. The van der Waals surface area contributed by atoms with Gasteiger partial charge >= 0.3 is 18.0 Å². The van der Waals surface area contributed by atoms with Crippen LogP contribution in [0.1, 0.15) is 49.9 Å². The molecule has 0 fully saturated rings. The highest BCUT2D eigenvalue weighted by Crippen LogP contribution is 2.54. The molecule has 5 nitrogen and oxygen atoms in total. The van der Waals surface area contributed by atoms with Gasteiger partial charge in [0.25, 0.3) is 5.91 Å². The Kier molecular flexibility index (Phi) is 9.41. The van der Waals surface area contributed by atoms with Crippen molar-refractivity contribution in [3.8, 4) is 11.8 Å². The predicted octanol–water partition coefficient (Wildman–Crippen LogP) is 7.88. The number of carbonyl (C=O) groups is 2. The third-order valence-corrected chi connectivity index (χ3v) is 7.32. The number of halogens is 8. The van der Waals surface area contributed by atoms with E-state index in [0.717, 1.165) is 0 Å². The van der Waals surface area contributed by atoms with Crippen LogP contribution in [-0.4, -0.2) is 38.2 Å². The fourth-order valence-electron chi connectivity index (χ4n) is 4.36. The number of hydrogen-bond acceptors (Lipinski definition) is 4. The minimum absolute atomic E-state index is 0.00490. The monoisotopic (exact) mass is 658 g/mol. The number of nitriles is 1. The van der Waals surface area contributed by atoms with Crippen LogP contribution in [0.15, 0.2) is 59.1 Å². The van der Waals surface area contributed by atoms with Crippen molar-refractivity contribution in [2.45, 2.75) is 37.8 Å². The molecular weight excluding hydrogens is 637 g/mol. The molecule has 0 bridgehead atoms. The zero-order valence-corrected chi connectivity index (χ0v) is 23.8. The number of methoxy groups -OCH3 is 1. The first-order chi connectivity index (χ1) is 19.5. The van der Waals surface area contributed by atoms with E-state index in [0.29, 0.717) is 17.7 Å². The van der Waals surface area contributed by atoms with E-state index in [4.69, 9.17) is 10.00 Å². The summed E-state index contributed by atoms with van der Waals surface area (Å²) >= 11 is 2.94. The number of anilines is 1. The number of para-hydroxylation sites is 1. The minimum atomic E-state index is -6.29. The van der Waals surface area contributed by atoms with Gasteiger partial charge in [-0.25, -0.2) is 4.39 Å². The zero-order chi connectivity index (χ0) is 31.6. The number of nitrogens with zero attached hydrogens (tertiary/aromatic N) is 2. The lowest BCUT2D eigenvalue weighted by atomic mass is 9.88. The lowest BCUT2D eigenvalue weighted by Crippen LogP contribution is -2.50. The van der Waals surface area contributed by atoms with E-state index in [1.54, 1.807) is 0 Å². The molecule has 0 aromatic heterocycles. The van der Waals surface area contributed by atoms with E-state index in [-0.39, 0.29) is 44.6 Å². The van der Waals surface area contributed by atoms with E-state index in [9.17, 15) is 40.3 Å². The lowest BCUT2D eigenvalue weighted by Gasteiger charge is -2.31. The molecule has 3 rings (SSSR count). The molecule has 3 aromatic carbocycles. The summed E-state index contributed by atoms with van der Waals surface area (Å²) in [5, 5.41) is 8.97. The summed E-state index contributed by atoms with van der Waals surface area (Å²) in [7, 11) is 2.69. The summed E-state index contributed by atoms with van der Waals surface area (Å²) in [6.07, 6.45) is -13.2. The molecule has 1 amide bonds. The van der Waals surface area contributed by atoms with Crippen molar-refractivity contribution in [1.82, 2.24) is 0 Å². The first-order valence-electron chi connectivity index (χ1n) is 12.1. The van der Waals surface area contributed by atoms with E-state index in [1.165, 1.54) is 68.4 Å². The van der Waals surface area contributed by atoms with Crippen molar-refractivity contribution in [1.29, 1.82) is 5.26 Å². The maximum Gasteiger partial charge on any atom is 0.435 e. The summed E-state index contributed by atoms with van der Waals surface area (Å²) in [6.45, 7) is 1.44. The Morgan fingerprint density at radius 3 is 2.07 bits per heavy atom. The third-order valence-electron chi connectivity index (χ3n) is 6.61. The number of Topliss-reactive ketones (excluding diaryl/α,β-unsaturated/α-hetero) is 1. The van der Waals surface area contributed by atoms with E-state index in [1.807, 2.05) is 6.07 Å². The van der Waals surface area contributed by atoms with Crippen molar-refractivity contribution in [2.75, 3.05) is 19.1 Å². The topological polar surface area (TPSA) is 70.4 Å². The van der Waals surface area contributed by atoms with Gasteiger partial charge in [0, 0.05) is 29.1 Å².